The molecule has 0 aromatic carbocycles. The molecule has 0 amide bonds. The average Bonchev–Trinajstić information content (AvgIpc) is 2.25. The Hall–Kier alpha value is -0.460. The monoisotopic (exact) mass is 201 g/mol. The molecular weight excluding hydrogens is 170 g/mol. The van der Waals surface area contributed by atoms with Crippen LogP contribution in [0.2, 0.25) is 0 Å². The molecule has 0 radical (unpaired) electrons. The van der Waals surface area contributed by atoms with Gasteiger partial charge in [0.25, 0.3) is 0 Å². The van der Waals surface area contributed by atoms with E-state index in [0.29, 0.717) is 6.04 Å². The van der Waals surface area contributed by atoms with Crippen LogP contribution in [0.25, 0.3) is 0 Å². The Morgan fingerprint density at radius 3 is 1.57 bits per heavy atom. The van der Waals surface area contributed by atoms with Crippen molar-refractivity contribution in [2.24, 2.45) is 0 Å². The third-order valence-electron chi connectivity index (χ3n) is 1.53. The summed E-state index contributed by atoms with van der Waals surface area (Å²) in [6.07, 6.45) is 4.47. The van der Waals surface area contributed by atoms with Crippen LogP contribution in [-0.4, -0.2) is 6.04 Å². The highest BCUT2D eigenvalue weighted by Gasteiger charge is 1.89. The van der Waals surface area contributed by atoms with Crippen molar-refractivity contribution in [2.45, 2.75) is 74.3 Å². The molecule has 14 heavy (non-hydrogen) atoms. The predicted octanol–water partition coefficient (Wildman–Crippen LogP) is 4.74. The molecule has 1 nitrogen and oxygen atoms in total. The molecule has 0 aliphatic heterocycles. The van der Waals surface area contributed by atoms with Crippen LogP contribution < -0.4 is 5.32 Å². The molecule has 0 aliphatic carbocycles. The molecule has 0 aromatic heterocycles. The SMILES string of the molecule is CC.CC.CCC(=CNC(C)C)CC. The maximum Gasteiger partial charge on any atom is 0.0199 e. The number of nitrogens with one attached hydrogen (secondary N) is 1. The van der Waals surface area contributed by atoms with Crippen molar-refractivity contribution in [1.82, 2.24) is 5.32 Å². The fourth-order valence-corrected chi connectivity index (χ4v) is 0.739. The topological polar surface area (TPSA) is 12.0 Å². The highest BCUT2D eigenvalue weighted by molar-refractivity contribution is 4.98. The number of hydrogen-bond acceptors (Lipinski definition) is 1. The van der Waals surface area contributed by atoms with Gasteiger partial charge in [0.1, 0.15) is 0 Å². The highest BCUT2D eigenvalue weighted by Crippen LogP contribution is 2.02. The first kappa shape index (κ1) is 19.2. The van der Waals surface area contributed by atoms with Gasteiger partial charge in [-0.2, -0.15) is 0 Å². The lowest BCUT2D eigenvalue weighted by molar-refractivity contribution is 0.692. The molecule has 0 fully saturated rings. The van der Waals surface area contributed by atoms with E-state index in [1.54, 1.807) is 0 Å². The maximum atomic E-state index is 3.29. The minimum Gasteiger partial charge on any atom is -0.389 e. The van der Waals surface area contributed by atoms with E-state index in [2.05, 4.69) is 39.2 Å². The van der Waals surface area contributed by atoms with E-state index in [0.717, 1.165) is 12.8 Å². The first-order chi connectivity index (χ1) is 6.70. The van der Waals surface area contributed by atoms with E-state index in [1.807, 2.05) is 27.7 Å². The third-order valence-corrected chi connectivity index (χ3v) is 1.53. The van der Waals surface area contributed by atoms with Crippen molar-refractivity contribution in [3.8, 4) is 0 Å². The summed E-state index contributed by atoms with van der Waals surface area (Å²) in [6.45, 7) is 16.7. The quantitative estimate of drug-likeness (QED) is 0.692. The minimum atomic E-state index is 0.563. The van der Waals surface area contributed by atoms with E-state index in [-0.39, 0.29) is 0 Å². The standard InChI is InChI=1S/C9H19N.2C2H6/c1-5-9(6-2)7-10-8(3)4;2*1-2/h7-8,10H,5-6H2,1-4H3;2*1-2H3. The van der Waals surface area contributed by atoms with Crippen molar-refractivity contribution in [1.29, 1.82) is 0 Å². The zero-order valence-electron chi connectivity index (χ0n) is 11.6. The zero-order valence-corrected chi connectivity index (χ0v) is 11.6. The Morgan fingerprint density at radius 1 is 1.00 bits per heavy atom. The summed E-state index contributed by atoms with van der Waals surface area (Å²) in [7, 11) is 0. The molecule has 0 bridgehead atoms. The average molecular weight is 201 g/mol. The van der Waals surface area contributed by atoms with Crippen molar-refractivity contribution in [3.63, 3.8) is 0 Å². The van der Waals surface area contributed by atoms with Gasteiger partial charge in [0.05, 0.1) is 0 Å². The summed E-state index contributed by atoms with van der Waals surface area (Å²) in [6, 6.07) is 0.563. The van der Waals surface area contributed by atoms with Crippen molar-refractivity contribution < 1.29 is 0 Å². The summed E-state index contributed by atoms with van der Waals surface area (Å²) in [5.41, 5.74) is 1.49. The third kappa shape index (κ3) is 17.6. The van der Waals surface area contributed by atoms with Crippen LogP contribution in [0.4, 0.5) is 0 Å². The molecule has 0 saturated heterocycles. The normalized spacial score (nSPS) is 7.79. The van der Waals surface area contributed by atoms with Gasteiger partial charge in [0, 0.05) is 6.04 Å². The van der Waals surface area contributed by atoms with Gasteiger partial charge in [0.15, 0.2) is 0 Å². The fourth-order valence-electron chi connectivity index (χ4n) is 0.739. The lowest BCUT2D eigenvalue weighted by Crippen LogP contribution is -2.16. The first-order valence-corrected chi connectivity index (χ1v) is 6.14. The summed E-state index contributed by atoms with van der Waals surface area (Å²) < 4.78 is 0. The summed E-state index contributed by atoms with van der Waals surface area (Å²) in [5.74, 6) is 0. The van der Waals surface area contributed by atoms with Gasteiger partial charge < -0.3 is 5.32 Å². The first-order valence-electron chi connectivity index (χ1n) is 6.14. The van der Waals surface area contributed by atoms with Gasteiger partial charge in [-0.15, -0.1) is 0 Å². The van der Waals surface area contributed by atoms with Crippen LogP contribution in [0, 0.1) is 0 Å². The largest absolute Gasteiger partial charge is 0.389 e. The predicted molar refractivity (Wildman–Crippen MR) is 69.6 cm³/mol. The molecule has 0 unspecified atom stereocenters. The van der Waals surface area contributed by atoms with Crippen LogP contribution in [0.3, 0.4) is 0 Å². The minimum absolute atomic E-state index is 0.563. The number of allylic oxidation sites excluding steroid dienone is 1. The van der Waals surface area contributed by atoms with Crippen molar-refractivity contribution in [2.75, 3.05) is 0 Å². The fraction of sp³-hybridized carbons (Fsp3) is 0.846. The molecule has 0 spiro atoms. The van der Waals surface area contributed by atoms with E-state index in [9.17, 15) is 0 Å². The molecule has 0 aromatic rings. The lowest BCUT2D eigenvalue weighted by atomic mass is 10.2. The van der Waals surface area contributed by atoms with Crippen LogP contribution in [-0.2, 0) is 0 Å². The van der Waals surface area contributed by atoms with E-state index in [4.69, 9.17) is 0 Å². The molecule has 0 aliphatic rings. The molecule has 0 rings (SSSR count). The van der Waals surface area contributed by atoms with Gasteiger partial charge in [-0.3, -0.25) is 0 Å². The van der Waals surface area contributed by atoms with Crippen LogP contribution in [0.5, 0.6) is 0 Å². The second-order valence-electron chi connectivity index (χ2n) is 2.83. The Bertz CT molecular complexity index is 97.8. The van der Waals surface area contributed by atoms with E-state index < -0.39 is 0 Å². The van der Waals surface area contributed by atoms with Crippen molar-refractivity contribution >= 4 is 0 Å². The summed E-state index contributed by atoms with van der Waals surface area (Å²) in [4.78, 5) is 0. The second kappa shape index (κ2) is 18.3. The maximum absolute atomic E-state index is 3.29. The Labute approximate surface area is 92.0 Å². The van der Waals surface area contributed by atoms with Gasteiger partial charge in [0.2, 0.25) is 0 Å². The Balaban J connectivity index is -0.000000266. The Kier molecular flexibility index (Phi) is 25.1. The van der Waals surface area contributed by atoms with E-state index >= 15 is 0 Å². The molecule has 88 valence electrons. The van der Waals surface area contributed by atoms with Crippen molar-refractivity contribution in [3.05, 3.63) is 11.8 Å². The second-order valence-corrected chi connectivity index (χ2v) is 2.83. The lowest BCUT2D eigenvalue weighted by Gasteiger charge is -2.06. The smallest absolute Gasteiger partial charge is 0.0199 e. The Morgan fingerprint density at radius 2 is 1.36 bits per heavy atom. The molecule has 0 heterocycles. The zero-order chi connectivity index (χ0) is 12.0. The summed E-state index contributed by atoms with van der Waals surface area (Å²) >= 11 is 0. The molecule has 1 N–H and O–H groups in total. The highest BCUT2D eigenvalue weighted by atomic mass is 14.9. The summed E-state index contributed by atoms with van der Waals surface area (Å²) in [5, 5.41) is 3.29. The molecule has 0 saturated carbocycles. The molecule has 0 atom stereocenters. The molecular formula is C13H31N. The van der Waals surface area contributed by atoms with Gasteiger partial charge in [-0.1, -0.05) is 47.1 Å². The van der Waals surface area contributed by atoms with Gasteiger partial charge in [-0.05, 0) is 32.9 Å². The van der Waals surface area contributed by atoms with Crippen LogP contribution in [0.15, 0.2) is 11.8 Å². The number of rotatable bonds is 4. The van der Waals surface area contributed by atoms with E-state index in [1.165, 1.54) is 5.57 Å². The van der Waals surface area contributed by atoms with Crippen LogP contribution >= 0.6 is 0 Å². The number of hydrogen-bond donors (Lipinski definition) is 1. The van der Waals surface area contributed by atoms with Gasteiger partial charge >= 0.3 is 0 Å². The molecule has 1 heteroatoms. The van der Waals surface area contributed by atoms with Gasteiger partial charge in [-0.25, -0.2) is 0 Å². The van der Waals surface area contributed by atoms with Crippen LogP contribution in [0.1, 0.15) is 68.2 Å².